The first kappa shape index (κ1) is 35.7. The van der Waals surface area contributed by atoms with Crippen LogP contribution in [0.3, 0.4) is 0 Å². The summed E-state index contributed by atoms with van der Waals surface area (Å²) in [5.74, 6) is 1.89. The second-order valence-corrected chi connectivity index (χ2v) is 16.0. The molecule has 9 aromatic carbocycles. The maximum atomic E-state index is 5.13. The van der Waals surface area contributed by atoms with Crippen LogP contribution >= 0.6 is 0 Å². The van der Waals surface area contributed by atoms with E-state index in [1.54, 1.807) is 0 Å². The number of fused-ring (bicyclic) bond motifs is 6. The second-order valence-electron chi connectivity index (χ2n) is 16.0. The third-order valence-corrected chi connectivity index (χ3v) is 12.5. The van der Waals surface area contributed by atoms with Crippen molar-refractivity contribution in [3.8, 4) is 62.1 Å². The van der Waals surface area contributed by atoms with Crippen LogP contribution in [0, 0.1) is 0 Å². The zero-order valence-corrected chi connectivity index (χ0v) is 33.7. The summed E-state index contributed by atoms with van der Waals surface area (Å²) >= 11 is 0. The molecule has 0 unspecified atom stereocenters. The van der Waals surface area contributed by atoms with Crippen molar-refractivity contribution in [1.82, 2.24) is 19.5 Å². The molecule has 0 amide bonds. The van der Waals surface area contributed by atoms with E-state index in [2.05, 4.69) is 174 Å². The minimum Gasteiger partial charge on any atom is -0.309 e. The number of hydrogen-bond donors (Lipinski definition) is 0. The van der Waals surface area contributed by atoms with Crippen LogP contribution in [0.15, 0.2) is 231 Å². The standard InChI is InChI=1S/C58H38N4/c1-6-19-39(20-7-1)42-33-34-48-50-37-49-47-31-16-17-32-51(47)58(44-26-12-4-13-27-44,45-28-14-5-15-29-45)52(49)38-54(50)62(53(48)36-42)46-30-18-25-43(35-46)57-60-55(40-21-8-2-9-22-40)59-56(61-57)41-23-10-3-11-24-41/h1-38H. The normalized spacial score (nSPS) is 12.6. The Morgan fingerprint density at radius 1 is 0.306 bits per heavy atom. The SMILES string of the molecule is c1ccc(-c2ccc3c4cc5c(cc4n(-c4cccc(-c6nc(-c7ccccc7)nc(-c7ccccc7)n6)c4)c3c2)C(c2ccccc2)(c2ccccc2)c2ccccc2-5)cc1. The van der Waals surface area contributed by atoms with Gasteiger partial charge in [0.05, 0.1) is 16.4 Å². The van der Waals surface area contributed by atoms with Gasteiger partial charge in [-0.3, -0.25) is 0 Å². The fourth-order valence-electron chi connectivity index (χ4n) is 9.76. The number of rotatable bonds is 7. The lowest BCUT2D eigenvalue weighted by atomic mass is 9.67. The van der Waals surface area contributed by atoms with Gasteiger partial charge in [0.2, 0.25) is 0 Å². The molecule has 1 aliphatic rings. The molecule has 0 radical (unpaired) electrons. The Morgan fingerprint density at radius 2 is 0.806 bits per heavy atom. The Balaban J connectivity index is 1.15. The molecule has 4 heteroatoms. The highest BCUT2D eigenvalue weighted by atomic mass is 15.0. The van der Waals surface area contributed by atoms with E-state index < -0.39 is 5.41 Å². The molecule has 0 aliphatic heterocycles. The average Bonchev–Trinajstić information content (AvgIpc) is 3.84. The lowest BCUT2D eigenvalue weighted by molar-refractivity contribution is 0.769. The van der Waals surface area contributed by atoms with Gasteiger partial charge in [-0.2, -0.15) is 0 Å². The summed E-state index contributed by atoms with van der Waals surface area (Å²) in [5.41, 5.74) is 15.4. The van der Waals surface area contributed by atoms with Crippen molar-refractivity contribution in [2.75, 3.05) is 0 Å². The zero-order valence-electron chi connectivity index (χ0n) is 33.7. The van der Waals surface area contributed by atoms with E-state index >= 15 is 0 Å². The van der Waals surface area contributed by atoms with Gasteiger partial charge in [0.1, 0.15) is 0 Å². The van der Waals surface area contributed by atoms with E-state index in [0.717, 1.165) is 39.0 Å². The summed E-state index contributed by atoms with van der Waals surface area (Å²) in [6.07, 6.45) is 0. The highest BCUT2D eigenvalue weighted by Gasteiger charge is 2.46. The van der Waals surface area contributed by atoms with Crippen molar-refractivity contribution in [3.05, 3.63) is 253 Å². The molecule has 0 saturated carbocycles. The Kier molecular flexibility index (Phi) is 8.36. The predicted octanol–water partition coefficient (Wildman–Crippen LogP) is 14.0. The molecule has 1 aliphatic carbocycles. The summed E-state index contributed by atoms with van der Waals surface area (Å²) < 4.78 is 2.45. The molecule has 0 saturated heterocycles. The quantitative estimate of drug-likeness (QED) is 0.161. The third-order valence-electron chi connectivity index (χ3n) is 12.5. The maximum absolute atomic E-state index is 5.13. The van der Waals surface area contributed by atoms with Crippen LogP contribution in [-0.4, -0.2) is 19.5 Å². The van der Waals surface area contributed by atoms with Crippen molar-refractivity contribution in [3.63, 3.8) is 0 Å². The smallest absolute Gasteiger partial charge is 0.164 e. The molecule has 0 spiro atoms. The zero-order chi connectivity index (χ0) is 41.0. The van der Waals surface area contributed by atoms with Gasteiger partial charge in [-0.15, -0.1) is 0 Å². The summed E-state index contributed by atoms with van der Waals surface area (Å²) in [5, 5.41) is 2.40. The molecule has 11 aromatic rings. The molecule has 0 bridgehead atoms. The first-order chi connectivity index (χ1) is 30.7. The van der Waals surface area contributed by atoms with E-state index in [9.17, 15) is 0 Å². The van der Waals surface area contributed by atoms with Crippen molar-refractivity contribution >= 4 is 21.8 Å². The largest absolute Gasteiger partial charge is 0.309 e. The van der Waals surface area contributed by atoms with Crippen LogP contribution in [0.25, 0.3) is 83.9 Å². The van der Waals surface area contributed by atoms with Gasteiger partial charge in [-0.25, -0.2) is 15.0 Å². The Labute approximate surface area is 360 Å². The molecular formula is C58H38N4. The first-order valence-electron chi connectivity index (χ1n) is 21.1. The first-order valence-corrected chi connectivity index (χ1v) is 21.1. The minimum atomic E-state index is -0.534. The molecule has 2 aromatic heterocycles. The van der Waals surface area contributed by atoms with Gasteiger partial charge in [0.25, 0.3) is 0 Å². The molecule has 62 heavy (non-hydrogen) atoms. The van der Waals surface area contributed by atoms with Gasteiger partial charge in [-0.05, 0) is 74.8 Å². The van der Waals surface area contributed by atoms with Gasteiger partial charge in [-0.1, -0.05) is 200 Å². The molecular weight excluding hydrogens is 753 g/mol. The number of aromatic nitrogens is 4. The number of hydrogen-bond acceptors (Lipinski definition) is 3. The number of benzene rings is 9. The van der Waals surface area contributed by atoms with E-state index in [-0.39, 0.29) is 0 Å². The summed E-state index contributed by atoms with van der Waals surface area (Å²) in [4.78, 5) is 15.2. The maximum Gasteiger partial charge on any atom is 0.164 e. The monoisotopic (exact) mass is 790 g/mol. The van der Waals surface area contributed by atoms with Crippen molar-refractivity contribution in [2.45, 2.75) is 5.41 Å². The summed E-state index contributed by atoms with van der Waals surface area (Å²) in [6.45, 7) is 0. The highest BCUT2D eigenvalue weighted by molar-refractivity contribution is 6.13. The summed E-state index contributed by atoms with van der Waals surface area (Å²) in [7, 11) is 0. The van der Waals surface area contributed by atoms with Crippen LogP contribution in [-0.2, 0) is 5.41 Å². The van der Waals surface area contributed by atoms with E-state index in [1.807, 2.05) is 60.7 Å². The Bertz CT molecular complexity index is 3340. The Hall–Kier alpha value is -8.21. The third kappa shape index (κ3) is 5.65. The van der Waals surface area contributed by atoms with E-state index in [0.29, 0.717) is 17.5 Å². The van der Waals surface area contributed by atoms with Gasteiger partial charge >= 0.3 is 0 Å². The topological polar surface area (TPSA) is 43.6 Å². The lowest BCUT2D eigenvalue weighted by Gasteiger charge is -2.34. The highest BCUT2D eigenvalue weighted by Crippen LogP contribution is 2.57. The van der Waals surface area contributed by atoms with Gasteiger partial charge in [0, 0.05) is 33.2 Å². The Morgan fingerprint density at radius 3 is 1.42 bits per heavy atom. The average molecular weight is 791 g/mol. The fourth-order valence-corrected chi connectivity index (χ4v) is 9.76. The van der Waals surface area contributed by atoms with Crippen LogP contribution in [0.4, 0.5) is 0 Å². The summed E-state index contributed by atoms with van der Waals surface area (Å²) in [6, 6.07) is 82.5. The molecule has 12 rings (SSSR count). The van der Waals surface area contributed by atoms with Crippen molar-refractivity contribution in [1.29, 1.82) is 0 Å². The van der Waals surface area contributed by atoms with E-state index in [4.69, 9.17) is 15.0 Å². The fraction of sp³-hybridized carbons (Fsp3) is 0.0172. The molecule has 4 nitrogen and oxygen atoms in total. The number of nitrogens with zero attached hydrogens (tertiary/aromatic N) is 4. The van der Waals surface area contributed by atoms with Crippen molar-refractivity contribution in [2.24, 2.45) is 0 Å². The molecule has 0 N–H and O–H groups in total. The minimum absolute atomic E-state index is 0.534. The van der Waals surface area contributed by atoms with Gasteiger partial charge < -0.3 is 4.57 Å². The van der Waals surface area contributed by atoms with E-state index in [1.165, 1.54) is 49.7 Å². The lowest BCUT2D eigenvalue weighted by Crippen LogP contribution is -2.28. The molecule has 0 atom stereocenters. The molecule has 2 heterocycles. The van der Waals surface area contributed by atoms with Crippen LogP contribution in [0.1, 0.15) is 22.3 Å². The van der Waals surface area contributed by atoms with Crippen LogP contribution in [0.5, 0.6) is 0 Å². The van der Waals surface area contributed by atoms with Crippen molar-refractivity contribution < 1.29 is 0 Å². The molecule has 290 valence electrons. The molecule has 0 fully saturated rings. The van der Waals surface area contributed by atoms with Crippen LogP contribution in [0.2, 0.25) is 0 Å². The second kappa shape index (κ2) is 14.5. The predicted molar refractivity (Wildman–Crippen MR) is 253 cm³/mol. The van der Waals surface area contributed by atoms with Crippen LogP contribution < -0.4 is 0 Å². The van der Waals surface area contributed by atoms with Gasteiger partial charge in [0.15, 0.2) is 17.5 Å².